The summed E-state index contributed by atoms with van der Waals surface area (Å²) in [7, 11) is 5.49. The number of nitro groups is 1. The molecular weight excluding hydrogens is 398 g/mol. The number of nitrogens with zero attached hydrogens (tertiary/aromatic N) is 6. The fourth-order valence-electron chi connectivity index (χ4n) is 4.53. The lowest BCUT2D eigenvalue weighted by atomic mass is 10.0. The summed E-state index contributed by atoms with van der Waals surface area (Å²) in [6, 6.07) is 3.94. The van der Waals surface area contributed by atoms with Crippen molar-refractivity contribution < 1.29 is 9.66 Å². The third kappa shape index (κ3) is 4.75. The molecular formula is C21H31N7O3. The number of nitro benzene ring substituents is 1. The van der Waals surface area contributed by atoms with Gasteiger partial charge in [-0.1, -0.05) is 0 Å². The van der Waals surface area contributed by atoms with Crippen molar-refractivity contribution in [3.63, 3.8) is 0 Å². The predicted octanol–water partition coefficient (Wildman–Crippen LogP) is 2.30. The summed E-state index contributed by atoms with van der Waals surface area (Å²) < 4.78 is 7.04. The van der Waals surface area contributed by atoms with Crippen LogP contribution in [-0.2, 0) is 7.05 Å². The van der Waals surface area contributed by atoms with Crippen LogP contribution in [0.3, 0.4) is 0 Å². The van der Waals surface area contributed by atoms with Crippen LogP contribution < -0.4 is 15.0 Å². The molecule has 0 amide bonds. The largest absolute Gasteiger partial charge is 0.490 e. The Labute approximate surface area is 182 Å². The number of likely N-dealkylation sites (N-methyl/N-ethyl adjacent to an activating group) is 1. The zero-order chi connectivity index (χ0) is 22.0. The van der Waals surface area contributed by atoms with Gasteiger partial charge in [0.05, 0.1) is 35.3 Å². The summed E-state index contributed by atoms with van der Waals surface area (Å²) in [6.07, 6.45) is 5.71. The third-order valence-electron chi connectivity index (χ3n) is 6.34. The van der Waals surface area contributed by atoms with Crippen molar-refractivity contribution in [3.05, 3.63) is 34.6 Å². The molecule has 168 valence electrons. The molecule has 3 heterocycles. The number of aryl methyl sites for hydroxylation is 1. The van der Waals surface area contributed by atoms with Gasteiger partial charge in [0.15, 0.2) is 5.75 Å². The van der Waals surface area contributed by atoms with Crippen LogP contribution in [0.4, 0.5) is 22.7 Å². The van der Waals surface area contributed by atoms with Crippen molar-refractivity contribution in [2.45, 2.75) is 18.9 Å². The molecule has 0 aliphatic carbocycles. The van der Waals surface area contributed by atoms with Gasteiger partial charge in [0, 0.05) is 70.7 Å². The highest BCUT2D eigenvalue weighted by atomic mass is 16.6. The number of piperazine rings is 1. The summed E-state index contributed by atoms with van der Waals surface area (Å²) in [5, 5.41) is 19.1. The van der Waals surface area contributed by atoms with E-state index in [0.717, 1.165) is 63.5 Å². The van der Waals surface area contributed by atoms with Crippen molar-refractivity contribution in [3.8, 4) is 5.75 Å². The molecule has 0 radical (unpaired) electrons. The highest BCUT2D eigenvalue weighted by Crippen LogP contribution is 2.40. The van der Waals surface area contributed by atoms with Crippen molar-refractivity contribution in [1.29, 1.82) is 0 Å². The molecule has 2 aliphatic heterocycles. The standard InChI is InChI=1S/C21H31N7O3/c1-24-8-10-26(11-9-24)17-4-6-27(7-5-17)19-13-21(31-3)20(28(29)30)12-18(19)23-16-14-22-25(2)15-16/h12-15,17,23H,4-11H2,1-3H3. The highest BCUT2D eigenvalue weighted by Gasteiger charge is 2.29. The van der Waals surface area contributed by atoms with Gasteiger partial charge in [-0.05, 0) is 19.9 Å². The minimum absolute atomic E-state index is 0.0510. The number of ether oxygens (including phenoxy) is 1. The second-order valence-corrected chi connectivity index (χ2v) is 8.38. The zero-order valence-electron chi connectivity index (χ0n) is 18.5. The summed E-state index contributed by atoms with van der Waals surface area (Å²) in [4.78, 5) is 18.5. The molecule has 1 aromatic carbocycles. The molecule has 10 heteroatoms. The second kappa shape index (κ2) is 9.11. The van der Waals surface area contributed by atoms with E-state index in [0.29, 0.717) is 11.7 Å². The number of hydrogen-bond acceptors (Lipinski definition) is 8. The Morgan fingerprint density at radius 1 is 1.13 bits per heavy atom. The summed E-state index contributed by atoms with van der Waals surface area (Å²) in [6.45, 7) is 6.30. The van der Waals surface area contributed by atoms with Gasteiger partial charge in [0.2, 0.25) is 0 Å². The minimum atomic E-state index is -0.406. The van der Waals surface area contributed by atoms with Gasteiger partial charge in [-0.3, -0.25) is 19.7 Å². The number of methoxy groups -OCH3 is 1. The Balaban J connectivity index is 1.55. The Kier molecular flexibility index (Phi) is 6.28. The first kappa shape index (κ1) is 21.4. The maximum absolute atomic E-state index is 11.6. The molecule has 2 aromatic rings. The normalized spacial score (nSPS) is 18.9. The SMILES string of the molecule is COc1cc(N2CCC(N3CCN(C)CC3)CC2)c(Nc2cnn(C)c2)cc1[N+](=O)[O-]. The van der Waals surface area contributed by atoms with Crippen molar-refractivity contribution in [1.82, 2.24) is 19.6 Å². The number of hydrogen-bond donors (Lipinski definition) is 1. The molecule has 1 aromatic heterocycles. The van der Waals surface area contributed by atoms with Crippen LogP contribution in [0.2, 0.25) is 0 Å². The van der Waals surface area contributed by atoms with Gasteiger partial charge in [0.1, 0.15) is 0 Å². The first-order chi connectivity index (χ1) is 14.9. The number of benzene rings is 1. The van der Waals surface area contributed by atoms with Gasteiger partial charge >= 0.3 is 5.69 Å². The summed E-state index contributed by atoms with van der Waals surface area (Å²) >= 11 is 0. The zero-order valence-corrected chi connectivity index (χ0v) is 18.5. The van der Waals surface area contributed by atoms with Gasteiger partial charge in [0.25, 0.3) is 0 Å². The summed E-state index contributed by atoms with van der Waals surface area (Å²) in [5.74, 6) is 0.276. The van der Waals surface area contributed by atoms with Crippen molar-refractivity contribution >= 4 is 22.7 Å². The quantitative estimate of drug-likeness (QED) is 0.552. The van der Waals surface area contributed by atoms with Crippen molar-refractivity contribution in [2.24, 2.45) is 7.05 Å². The first-order valence-corrected chi connectivity index (χ1v) is 10.7. The Hall–Kier alpha value is -2.85. The number of rotatable bonds is 6. The van der Waals surface area contributed by atoms with E-state index in [2.05, 4.69) is 32.2 Å². The van der Waals surface area contributed by atoms with Gasteiger partial charge in [-0.25, -0.2) is 0 Å². The van der Waals surface area contributed by atoms with Gasteiger partial charge in [-0.15, -0.1) is 0 Å². The lowest BCUT2D eigenvalue weighted by molar-refractivity contribution is -0.385. The Morgan fingerprint density at radius 2 is 1.84 bits per heavy atom. The van der Waals surface area contributed by atoms with Crippen LogP contribution >= 0.6 is 0 Å². The molecule has 0 bridgehead atoms. The van der Waals surface area contributed by atoms with Crippen LogP contribution in [0.5, 0.6) is 5.75 Å². The van der Waals surface area contributed by atoms with Crippen LogP contribution in [0.25, 0.3) is 0 Å². The van der Waals surface area contributed by atoms with E-state index in [4.69, 9.17) is 4.74 Å². The fourth-order valence-corrected chi connectivity index (χ4v) is 4.53. The van der Waals surface area contributed by atoms with E-state index in [1.165, 1.54) is 7.11 Å². The molecule has 1 N–H and O–H groups in total. The predicted molar refractivity (Wildman–Crippen MR) is 120 cm³/mol. The maximum Gasteiger partial charge on any atom is 0.313 e. The summed E-state index contributed by atoms with van der Waals surface area (Å²) in [5.41, 5.74) is 2.35. The van der Waals surface area contributed by atoms with Crippen LogP contribution in [-0.4, -0.2) is 84.0 Å². The second-order valence-electron chi connectivity index (χ2n) is 8.38. The first-order valence-electron chi connectivity index (χ1n) is 10.7. The molecule has 4 rings (SSSR count). The monoisotopic (exact) mass is 429 g/mol. The number of anilines is 3. The molecule has 2 fully saturated rings. The fraction of sp³-hybridized carbons (Fsp3) is 0.571. The smallest absolute Gasteiger partial charge is 0.313 e. The van der Waals surface area contributed by atoms with E-state index in [1.807, 2.05) is 13.2 Å². The van der Waals surface area contributed by atoms with E-state index >= 15 is 0 Å². The highest BCUT2D eigenvalue weighted by molar-refractivity contribution is 5.80. The van der Waals surface area contributed by atoms with Crippen LogP contribution in [0, 0.1) is 10.1 Å². The average molecular weight is 430 g/mol. The lowest BCUT2D eigenvalue weighted by Gasteiger charge is -2.43. The molecule has 0 saturated carbocycles. The molecule has 31 heavy (non-hydrogen) atoms. The lowest BCUT2D eigenvalue weighted by Crippen LogP contribution is -2.52. The van der Waals surface area contributed by atoms with Crippen LogP contribution in [0.15, 0.2) is 24.5 Å². The minimum Gasteiger partial charge on any atom is -0.490 e. The molecule has 10 nitrogen and oxygen atoms in total. The van der Waals surface area contributed by atoms with E-state index < -0.39 is 4.92 Å². The molecule has 0 spiro atoms. The van der Waals surface area contributed by atoms with E-state index in [9.17, 15) is 10.1 Å². The van der Waals surface area contributed by atoms with Gasteiger partial charge < -0.3 is 19.9 Å². The number of aromatic nitrogens is 2. The van der Waals surface area contributed by atoms with Crippen LogP contribution in [0.1, 0.15) is 12.8 Å². The van der Waals surface area contributed by atoms with E-state index in [-0.39, 0.29) is 11.4 Å². The average Bonchev–Trinajstić information content (AvgIpc) is 3.18. The Morgan fingerprint density at radius 3 is 2.42 bits per heavy atom. The number of nitrogens with one attached hydrogen (secondary N) is 1. The number of piperidine rings is 1. The molecule has 0 unspecified atom stereocenters. The van der Waals surface area contributed by atoms with Gasteiger partial charge in [-0.2, -0.15) is 5.10 Å². The van der Waals surface area contributed by atoms with Crippen molar-refractivity contribution in [2.75, 3.05) is 63.6 Å². The van der Waals surface area contributed by atoms with E-state index in [1.54, 1.807) is 23.0 Å². The topological polar surface area (TPSA) is 91.9 Å². The third-order valence-corrected chi connectivity index (χ3v) is 6.34. The maximum atomic E-state index is 11.6. The molecule has 2 saturated heterocycles. The Bertz CT molecular complexity index is 916. The molecule has 2 aliphatic rings. The molecule has 0 atom stereocenters.